The van der Waals surface area contributed by atoms with Crippen LogP contribution in [0.5, 0.6) is 17.2 Å². The van der Waals surface area contributed by atoms with Gasteiger partial charge in [0.2, 0.25) is 0 Å². The topological polar surface area (TPSA) is 30.9 Å². The predicted octanol–water partition coefficient (Wildman–Crippen LogP) is 3.24. The van der Waals surface area contributed by atoms with Crippen molar-refractivity contribution in [3.63, 3.8) is 0 Å². The fourth-order valence-corrected chi connectivity index (χ4v) is 4.18. The van der Waals surface area contributed by atoms with E-state index < -0.39 is 0 Å². The number of ether oxygens (including phenoxy) is 3. The Hall–Kier alpha value is -2.20. The van der Waals surface area contributed by atoms with Crippen molar-refractivity contribution in [3.8, 4) is 17.2 Å². The van der Waals surface area contributed by atoms with Crippen LogP contribution < -0.4 is 14.2 Å². The van der Waals surface area contributed by atoms with Crippen molar-refractivity contribution in [3.05, 3.63) is 52.6 Å². The molecule has 2 aliphatic heterocycles. The van der Waals surface area contributed by atoms with Crippen LogP contribution in [0.3, 0.4) is 0 Å². The average Bonchev–Trinajstić information content (AvgIpc) is 2.82. The highest BCUT2D eigenvalue weighted by Gasteiger charge is 2.30. The molecule has 0 saturated carbocycles. The monoisotopic (exact) mass is 339 g/mol. The first-order chi connectivity index (χ1) is 12.2. The smallest absolute Gasteiger partial charge is 0.161 e. The summed E-state index contributed by atoms with van der Waals surface area (Å²) < 4.78 is 16.4. The van der Waals surface area contributed by atoms with Crippen molar-refractivity contribution in [2.45, 2.75) is 31.8 Å². The fraction of sp³-hybridized carbons (Fsp3) is 0.429. The van der Waals surface area contributed by atoms with Gasteiger partial charge in [0, 0.05) is 19.1 Å². The Labute approximate surface area is 149 Å². The molecule has 0 saturated heterocycles. The van der Waals surface area contributed by atoms with Gasteiger partial charge in [-0.05, 0) is 65.8 Å². The summed E-state index contributed by atoms with van der Waals surface area (Å²) in [6.07, 6.45) is 3.21. The zero-order chi connectivity index (χ0) is 17.4. The quantitative estimate of drug-likeness (QED) is 0.859. The first kappa shape index (κ1) is 16.3. The summed E-state index contributed by atoms with van der Waals surface area (Å²) in [7, 11) is 5.14. The lowest BCUT2D eigenvalue weighted by Gasteiger charge is -2.36. The van der Waals surface area contributed by atoms with Crippen LogP contribution in [0.15, 0.2) is 30.3 Å². The molecule has 0 N–H and O–H groups in total. The molecule has 0 spiro atoms. The van der Waals surface area contributed by atoms with Gasteiger partial charge in [0.05, 0.1) is 21.3 Å². The van der Waals surface area contributed by atoms with Crippen molar-refractivity contribution in [2.24, 2.45) is 0 Å². The lowest BCUT2D eigenvalue weighted by molar-refractivity contribution is 0.177. The van der Waals surface area contributed by atoms with Gasteiger partial charge < -0.3 is 14.2 Å². The number of rotatable bonds is 3. The lowest BCUT2D eigenvalue weighted by atomic mass is 9.90. The molecule has 0 radical (unpaired) electrons. The Balaban J connectivity index is 1.66. The third kappa shape index (κ3) is 2.95. The molecule has 2 aliphatic rings. The van der Waals surface area contributed by atoms with Gasteiger partial charge in [0.15, 0.2) is 11.5 Å². The Kier molecular flexibility index (Phi) is 4.30. The molecule has 0 aromatic heterocycles. The Morgan fingerprint density at radius 1 is 0.800 bits per heavy atom. The molecule has 4 rings (SSSR count). The van der Waals surface area contributed by atoms with Gasteiger partial charge in [-0.25, -0.2) is 0 Å². The van der Waals surface area contributed by atoms with Crippen LogP contribution in [-0.2, 0) is 25.8 Å². The minimum Gasteiger partial charge on any atom is -0.497 e. The zero-order valence-corrected chi connectivity index (χ0v) is 15.2. The predicted molar refractivity (Wildman–Crippen MR) is 97.9 cm³/mol. The summed E-state index contributed by atoms with van der Waals surface area (Å²) in [5.41, 5.74) is 5.62. The van der Waals surface area contributed by atoms with E-state index in [4.69, 9.17) is 14.2 Å². The molecule has 0 bridgehead atoms. The van der Waals surface area contributed by atoms with E-state index in [1.165, 1.54) is 22.3 Å². The first-order valence-electron chi connectivity index (χ1n) is 8.85. The number of hydrogen-bond donors (Lipinski definition) is 0. The number of nitrogens with zero attached hydrogens (tertiary/aromatic N) is 1. The largest absolute Gasteiger partial charge is 0.497 e. The van der Waals surface area contributed by atoms with Gasteiger partial charge in [-0.3, -0.25) is 4.90 Å². The first-order valence-corrected chi connectivity index (χ1v) is 8.85. The van der Waals surface area contributed by atoms with Crippen LogP contribution >= 0.6 is 0 Å². The van der Waals surface area contributed by atoms with E-state index in [0.29, 0.717) is 6.04 Å². The van der Waals surface area contributed by atoms with Gasteiger partial charge in [-0.2, -0.15) is 0 Å². The molecular formula is C21H25NO3. The molecule has 1 unspecified atom stereocenters. The summed E-state index contributed by atoms with van der Waals surface area (Å²) >= 11 is 0. The SMILES string of the molecule is COc1ccc2c(c1)CC1Cc3cc(OC)c(OC)cc3CN1CC2. The molecule has 0 aliphatic carbocycles. The molecule has 2 aromatic rings. The van der Waals surface area contributed by atoms with Crippen LogP contribution in [0, 0.1) is 0 Å². The third-order valence-corrected chi connectivity index (χ3v) is 5.59. The van der Waals surface area contributed by atoms with Gasteiger partial charge in [-0.15, -0.1) is 0 Å². The van der Waals surface area contributed by atoms with Gasteiger partial charge in [0.25, 0.3) is 0 Å². The normalized spacial score (nSPS) is 19.2. The fourth-order valence-electron chi connectivity index (χ4n) is 4.18. The van der Waals surface area contributed by atoms with Crippen LogP contribution in [0.1, 0.15) is 22.3 Å². The average molecular weight is 339 g/mol. The standard InChI is InChI=1S/C21H25NO3/c1-23-19-5-4-14-6-7-22-13-17-12-21(25-3)20(24-2)11-16(17)9-18(22)8-15(14)10-19/h4-5,10-12,18H,6-9,13H2,1-3H3. The molecular weight excluding hydrogens is 314 g/mol. The van der Waals surface area contributed by atoms with Crippen LogP contribution in [-0.4, -0.2) is 38.8 Å². The minimum absolute atomic E-state index is 0.527. The maximum Gasteiger partial charge on any atom is 0.161 e. The highest BCUT2D eigenvalue weighted by atomic mass is 16.5. The second kappa shape index (κ2) is 6.60. The summed E-state index contributed by atoms with van der Waals surface area (Å²) in [4.78, 5) is 2.61. The van der Waals surface area contributed by atoms with Crippen molar-refractivity contribution < 1.29 is 14.2 Å². The highest BCUT2D eigenvalue weighted by Crippen LogP contribution is 2.36. The molecule has 4 nitrogen and oxygen atoms in total. The Bertz CT molecular complexity index is 787. The molecule has 132 valence electrons. The molecule has 2 heterocycles. The second-order valence-electron chi connectivity index (χ2n) is 6.89. The van der Waals surface area contributed by atoms with Crippen LogP contribution in [0.2, 0.25) is 0 Å². The van der Waals surface area contributed by atoms with Crippen molar-refractivity contribution in [1.82, 2.24) is 4.90 Å². The van der Waals surface area contributed by atoms with Crippen LogP contribution in [0.4, 0.5) is 0 Å². The molecule has 25 heavy (non-hydrogen) atoms. The number of benzene rings is 2. The maximum atomic E-state index is 5.49. The third-order valence-electron chi connectivity index (χ3n) is 5.59. The van der Waals surface area contributed by atoms with Crippen molar-refractivity contribution in [2.75, 3.05) is 27.9 Å². The van der Waals surface area contributed by atoms with E-state index in [0.717, 1.165) is 49.6 Å². The van der Waals surface area contributed by atoms with Gasteiger partial charge in [0.1, 0.15) is 5.75 Å². The van der Waals surface area contributed by atoms with E-state index >= 15 is 0 Å². The zero-order valence-electron chi connectivity index (χ0n) is 15.2. The highest BCUT2D eigenvalue weighted by molar-refractivity contribution is 5.49. The molecule has 4 heteroatoms. The summed E-state index contributed by atoms with van der Waals surface area (Å²) in [5.74, 6) is 2.60. The minimum atomic E-state index is 0.527. The van der Waals surface area contributed by atoms with E-state index in [1.54, 1.807) is 21.3 Å². The Morgan fingerprint density at radius 3 is 2.16 bits per heavy atom. The molecule has 2 aromatic carbocycles. The van der Waals surface area contributed by atoms with E-state index in [2.05, 4.69) is 35.2 Å². The van der Waals surface area contributed by atoms with Gasteiger partial charge in [-0.1, -0.05) is 6.07 Å². The van der Waals surface area contributed by atoms with E-state index in [-0.39, 0.29) is 0 Å². The molecule has 0 amide bonds. The number of methoxy groups -OCH3 is 3. The number of hydrogen-bond acceptors (Lipinski definition) is 4. The number of fused-ring (bicyclic) bond motifs is 3. The summed E-state index contributed by atoms with van der Waals surface area (Å²) in [5, 5.41) is 0. The lowest BCUT2D eigenvalue weighted by Crippen LogP contribution is -2.41. The molecule has 1 atom stereocenters. The summed E-state index contributed by atoms with van der Waals surface area (Å²) in [6.45, 7) is 2.07. The van der Waals surface area contributed by atoms with Crippen molar-refractivity contribution >= 4 is 0 Å². The maximum absolute atomic E-state index is 5.49. The summed E-state index contributed by atoms with van der Waals surface area (Å²) in [6, 6.07) is 11.3. The Morgan fingerprint density at radius 2 is 1.48 bits per heavy atom. The van der Waals surface area contributed by atoms with E-state index in [1.807, 2.05) is 0 Å². The van der Waals surface area contributed by atoms with E-state index in [9.17, 15) is 0 Å². The molecule has 0 fully saturated rings. The van der Waals surface area contributed by atoms with Gasteiger partial charge >= 0.3 is 0 Å². The van der Waals surface area contributed by atoms with Crippen LogP contribution in [0.25, 0.3) is 0 Å². The second-order valence-corrected chi connectivity index (χ2v) is 6.89. The van der Waals surface area contributed by atoms with Crippen molar-refractivity contribution in [1.29, 1.82) is 0 Å².